The molecule has 1 aliphatic rings. The number of hydrogen-bond donors (Lipinski definition) is 1. The van der Waals surface area contributed by atoms with Gasteiger partial charge in [0.2, 0.25) is 15.9 Å². The van der Waals surface area contributed by atoms with Crippen LogP contribution in [0.4, 0.5) is 4.39 Å². The molecule has 0 bridgehead atoms. The first kappa shape index (κ1) is 24.1. The molecule has 10 heteroatoms. The molecule has 0 saturated carbocycles. The second-order valence-corrected chi connectivity index (χ2v) is 10.3. The lowest BCUT2D eigenvalue weighted by atomic mass is 9.99. The Morgan fingerprint density at radius 1 is 1.34 bits per heavy atom. The van der Waals surface area contributed by atoms with E-state index in [9.17, 15) is 22.7 Å². The molecular formula is C22H28FN3O5S. The zero-order chi connectivity index (χ0) is 23.6. The van der Waals surface area contributed by atoms with Crippen molar-refractivity contribution in [2.45, 2.75) is 26.0 Å². The number of halogens is 1. The largest absolute Gasteiger partial charge is 0.472 e. The van der Waals surface area contributed by atoms with Crippen molar-refractivity contribution in [3.63, 3.8) is 0 Å². The van der Waals surface area contributed by atoms with E-state index in [4.69, 9.17) is 4.74 Å². The molecule has 0 unspecified atom stereocenters. The molecule has 1 amide bonds. The van der Waals surface area contributed by atoms with Gasteiger partial charge in [-0.05, 0) is 30.7 Å². The molecule has 2 aromatic rings. The Morgan fingerprint density at radius 3 is 2.69 bits per heavy atom. The highest BCUT2D eigenvalue weighted by atomic mass is 32.2. The highest BCUT2D eigenvalue weighted by Gasteiger charge is 2.35. The fourth-order valence-electron chi connectivity index (χ4n) is 3.53. The van der Waals surface area contributed by atoms with Gasteiger partial charge in [-0.3, -0.25) is 4.79 Å². The predicted octanol–water partition coefficient (Wildman–Crippen LogP) is 2.00. The molecule has 1 aromatic carbocycles. The maximum Gasteiger partial charge on any atom is 0.259 e. The first-order chi connectivity index (χ1) is 15.0. The van der Waals surface area contributed by atoms with Crippen molar-refractivity contribution in [2.75, 3.05) is 33.0 Å². The van der Waals surface area contributed by atoms with Gasteiger partial charge < -0.3 is 14.7 Å². The Balaban J connectivity index is 2.07. The molecule has 174 valence electrons. The molecule has 1 N–H and O–H groups in total. The SMILES string of the molecule is C[C@H]1CN([C@@H](C)CO)C(=O)c2cc(-c3cccc(F)c3)cnc2O[C@H]1CN(C)S(C)(=O)=O. The lowest BCUT2D eigenvalue weighted by Gasteiger charge is -2.37. The number of aliphatic hydroxyl groups is 1. The van der Waals surface area contributed by atoms with Crippen molar-refractivity contribution in [1.82, 2.24) is 14.2 Å². The number of nitrogens with zero attached hydrogens (tertiary/aromatic N) is 3. The lowest BCUT2D eigenvalue weighted by Crippen LogP contribution is -2.50. The molecule has 0 fully saturated rings. The second kappa shape index (κ2) is 9.51. The quantitative estimate of drug-likeness (QED) is 0.701. The number of hydrogen-bond acceptors (Lipinski definition) is 6. The van der Waals surface area contributed by atoms with Crippen LogP contribution in [0.1, 0.15) is 24.2 Å². The fourth-order valence-corrected chi connectivity index (χ4v) is 3.95. The molecule has 3 rings (SSSR count). The molecule has 1 aromatic heterocycles. The molecule has 0 aliphatic carbocycles. The first-order valence-electron chi connectivity index (χ1n) is 10.3. The molecule has 1 aliphatic heterocycles. The van der Waals surface area contributed by atoms with Gasteiger partial charge in [0, 0.05) is 31.3 Å². The minimum atomic E-state index is -3.44. The van der Waals surface area contributed by atoms with Gasteiger partial charge in [-0.2, -0.15) is 0 Å². The number of aromatic nitrogens is 1. The molecule has 0 spiro atoms. The van der Waals surface area contributed by atoms with Crippen LogP contribution in [0.3, 0.4) is 0 Å². The Labute approximate surface area is 187 Å². The van der Waals surface area contributed by atoms with Gasteiger partial charge in [0.1, 0.15) is 17.5 Å². The summed E-state index contributed by atoms with van der Waals surface area (Å²) in [6.45, 7) is 3.68. The number of benzene rings is 1. The second-order valence-electron chi connectivity index (χ2n) is 8.25. The number of pyridine rings is 1. The number of rotatable bonds is 6. The van der Waals surface area contributed by atoms with E-state index >= 15 is 0 Å². The average Bonchev–Trinajstić information content (AvgIpc) is 2.74. The van der Waals surface area contributed by atoms with Crippen LogP contribution in [0, 0.1) is 11.7 Å². The summed E-state index contributed by atoms with van der Waals surface area (Å²) < 4.78 is 44.8. The highest BCUT2D eigenvalue weighted by molar-refractivity contribution is 7.88. The van der Waals surface area contributed by atoms with E-state index in [1.807, 2.05) is 6.92 Å². The van der Waals surface area contributed by atoms with Crippen molar-refractivity contribution in [2.24, 2.45) is 5.92 Å². The summed E-state index contributed by atoms with van der Waals surface area (Å²) in [6, 6.07) is 7.07. The van der Waals surface area contributed by atoms with Gasteiger partial charge >= 0.3 is 0 Å². The monoisotopic (exact) mass is 465 g/mol. The van der Waals surface area contributed by atoms with Crippen molar-refractivity contribution < 1.29 is 27.4 Å². The third kappa shape index (κ3) is 5.25. The van der Waals surface area contributed by atoms with Gasteiger partial charge in [0.15, 0.2) is 0 Å². The normalized spacial score (nSPS) is 20.3. The van der Waals surface area contributed by atoms with Crippen LogP contribution in [0.15, 0.2) is 36.5 Å². The number of likely N-dealkylation sites (N-methyl/N-ethyl adjacent to an activating group) is 1. The lowest BCUT2D eigenvalue weighted by molar-refractivity contribution is 0.0374. The van der Waals surface area contributed by atoms with Crippen LogP contribution < -0.4 is 4.74 Å². The van der Waals surface area contributed by atoms with E-state index in [0.717, 1.165) is 6.26 Å². The van der Waals surface area contributed by atoms with Crippen molar-refractivity contribution in [3.05, 3.63) is 47.9 Å². The van der Waals surface area contributed by atoms with Crippen molar-refractivity contribution in [3.8, 4) is 17.0 Å². The number of aliphatic hydroxyl groups excluding tert-OH is 1. The number of fused-ring (bicyclic) bond motifs is 1. The Bertz CT molecular complexity index is 1090. The maximum absolute atomic E-state index is 13.7. The average molecular weight is 466 g/mol. The van der Waals surface area contributed by atoms with E-state index in [-0.39, 0.29) is 43.0 Å². The summed E-state index contributed by atoms with van der Waals surface area (Å²) in [5.41, 5.74) is 1.26. The Hall–Kier alpha value is -2.56. The highest BCUT2D eigenvalue weighted by Crippen LogP contribution is 2.30. The van der Waals surface area contributed by atoms with E-state index in [2.05, 4.69) is 4.98 Å². The molecular weight excluding hydrogens is 437 g/mol. The van der Waals surface area contributed by atoms with Crippen molar-refractivity contribution >= 4 is 15.9 Å². The third-order valence-corrected chi connectivity index (χ3v) is 6.96. The topological polar surface area (TPSA) is 100 Å². The van der Waals surface area contributed by atoms with Crippen molar-refractivity contribution in [1.29, 1.82) is 0 Å². The van der Waals surface area contributed by atoms with Crippen LogP contribution in [-0.2, 0) is 10.0 Å². The van der Waals surface area contributed by atoms with Crippen LogP contribution >= 0.6 is 0 Å². The number of amides is 1. The molecule has 0 radical (unpaired) electrons. The minimum absolute atomic E-state index is 0.0717. The van der Waals surface area contributed by atoms with E-state index < -0.39 is 28.0 Å². The van der Waals surface area contributed by atoms with Gasteiger partial charge in [-0.25, -0.2) is 22.1 Å². The predicted molar refractivity (Wildman–Crippen MR) is 118 cm³/mol. The summed E-state index contributed by atoms with van der Waals surface area (Å²) in [5, 5.41) is 9.71. The summed E-state index contributed by atoms with van der Waals surface area (Å²) in [7, 11) is -1.98. The van der Waals surface area contributed by atoms with E-state index in [1.165, 1.54) is 34.6 Å². The minimum Gasteiger partial charge on any atom is -0.472 e. The Kier molecular flexibility index (Phi) is 7.16. The summed E-state index contributed by atoms with van der Waals surface area (Å²) in [5.74, 6) is -0.946. The molecule has 3 atom stereocenters. The number of ether oxygens (including phenoxy) is 1. The molecule has 32 heavy (non-hydrogen) atoms. The number of sulfonamides is 1. The molecule has 8 nitrogen and oxygen atoms in total. The van der Waals surface area contributed by atoms with Gasteiger partial charge in [0.25, 0.3) is 5.91 Å². The van der Waals surface area contributed by atoms with Gasteiger partial charge in [-0.15, -0.1) is 0 Å². The van der Waals surface area contributed by atoms with E-state index in [1.54, 1.807) is 25.1 Å². The summed E-state index contributed by atoms with van der Waals surface area (Å²) >= 11 is 0. The molecule has 0 saturated heterocycles. The Morgan fingerprint density at radius 2 is 2.06 bits per heavy atom. The third-order valence-electron chi connectivity index (χ3n) is 5.68. The first-order valence-corrected chi connectivity index (χ1v) is 12.1. The van der Waals surface area contributed by atoms with E-state index in [0.29, 0.717) is 11.1 Å². The summed E-state index contributed by atoms with van der Waals surface area (Å²) in [6.07, 6.45) is 2.02. The standard InChI is InChI=1S/C22H28FN3O5S/c1-14-11-26(15(2)13-27)22(28)19-9-17(16-6-5-7-18(23)8-16)10-24-21(19)31-20(14)12-25(3)32(4,29)30/h5-10,14-15,20,27H,11-13H2,1-4H3/t14-,15-,20-/m0/s1. The van der Waals surface area contributed by atoms with Crippen LogP contribution in [0.25, 0.3) is 11.1 Å². The van der Waals surface area contributed by atoms with Crippen LogP contribution in [0.5, 0.6) is 5.88 Å². The fraction of sp³-hybridized carbons (Fsp3) is 0.455. The van der Waals surface area contributed by atoms with Gasteiger partial charge in [0.05, 0.1) is 25.4 Å². The van der Waals surface area contributed by atoms with Crippen LogP contribution in [-0.4, -0.2) is 78.8 Å². The smallest absolute Gasteiger partial charge is 0.259 e. The number of carbonyl (C=O) groups excluding carboxylic acids is 1. The summed E-state index contributed by atoms with van der Waals surface area (Å²) in [4.78, 5) is 19.3. The number of carbonyl (C=O) groups is 1. The zero-order valence-corrected chi connectivity index (χ0v) is 19.3. The zero-order valence-electron chi connectivity index (χ0n) is 18.5. The van der Waals surface area contributed by atoms with Gasteiger partial charge in [-0.1, -0.05) is 19.1 Å². The molecule has 2 heterocycles. The maximum atomic E-state index is 13.7. The van der Waals surface area contributed by atoms with Crippen LogP contribution in [0.2, 0.25) is 0 Å².